The average Bonchev–Trinajstić information content (AvgIpc) is 2.88. The molecule has 1 N–H and O–H groups in total. The lowest BCUT2D eigenvalue weighted by Gasteiger charge is -2.21. The molecule has 2 aromatic rings. The molecule has 1 aliphatic rings. The number of aliphatic imine (C=N–C) groups is 1. The molecule has 25 heavy (non-hydrogen) atoms. The summed E-state index contributed by atoms with van der Waals surface area (Å²) in [6, 6.07) is 17.2. The number of nitrogens with one attached hydrogen (secondary N) is 1. The van der Waals surface area contributed by atoms with Crippen molar-refractivity contribution in [1.82, 2.24) is 10.4 Å². The lowest BCUT2D eigenvalue weighted by Crippen LogP contribution is -2.35. The topological polar surface area (TPSA) is 53.9 Å². The van der Waals surface area contributed by atoms with Crippen LogP contribution < -0.4 is 5.32 Å². The van der Waals surface area contributed by atoms with E-state index in [-0.39, 0.29) is 12.3 Å². The number of nitrogens with zero attached hydrogens (tertiary/aromatic N) is 2. The number of carbonyl (C=O) groups excluding carboxylic acids is 1. The summed E-state index contributed by atoms with van der Waals surface area (Å²) in [5.41, 5.74) is 0.963. The van der Waals surface area contributed by atoms with Crippen molar-refractivity contribution in [2.45, 2.75) is 25.6 Å². The molecule has 5 nitrogen and oxygen atoms in total. The van der Waals surface area contributed by atoms with Crippen LogP contribution in [0.2, 0.25) is 5.02 Å². The maximum absolute atomic E-state index is 12.3. The highest BCUT2D eigenvalue weighted by Crippen LogP contribution is 2.28. The molecular weight excluding hydrogens is 338 g/mol. The Morgan fingerprint density at radius 1 is 1.24 bits per heavy atom. The molecule has 0 spiro atoms. The highest BCUT2D eigenvalue weighted by Gasteiger charge is 2.37. The second-order valence-electron chi connectivity index (χ2n) is 6.15. The molecule has 0 saturated carbocycles. The predicted octanol–water partition coefficient (Wildman–Crippen LogP) is 3.39. The Morgan fingerprint density at radius 3 is 2.72 bits per heavy atom. The summed E-state index contributed by atoms with van der Waals surface area (Å²) in [6.07, 6.45) is 0.133. The number of benzene rings is 2. The Kier molecular flexibility index (Phi) is 5.06. The Balaban J connectivity index is 1.66. The van der Waals surface area contributed by atoms with Gasteiger partial charge in [0, 0.05) is 24.2 Å². The molecule has 0 aromatic heterocycles. The van der Waals surface area contributed by atoms with E-state index in [9.17, 15) is 4.79 Å². The molecule has 0 aliphatic carbocycles. The molecule has 1 unspecified atom stereocenters. The van der Waals surface area contributed by atoms with Crippen LogP contribution in [-0.2, 0) is 16.2 Å². The van der Waals surface area contributed by atoms with E-state index in [4.69, 9.17) is 16.4 Å². The van der Waals surface area contributed by atoms with Crippen LogP contribution in [0.1, 0.15) is 24.5 Å². The Bertz CT molecular complexity index is 794. The first-order valence-corrected chi connectivity index (χ1v) is 8.42. The first-order chi connectivity index (χ1) is 12.0. The third-order valence-electron chi connectivity index (χ3n) is 3.88. The Hall–Kier alpha value is -2.37. The zero-order valence-electron chi connectivity index (χ0n) is 14.2. The zero-order valence-corrected chi connectivity index (χ0v) is 15.0. The summed E-state index contributed by atoms with van der Waals surface area (Å²) < 4.78 is 0. The molecule has 0 saturated heterocycles. The van der Waals surface area contributed by atoms with Gasteiger partial charge in [-0.15, -0.1) is 0 Å². The number of carbonyl (C=O) groups is 1. The summed E-state index contributed by atoms with van der Waals surface area (Å²) in [4.78, 5) is 22.7. The molecule has 2 aromatic carbocycles. The Morgan fingerprint density at radius 2 is 2.00 bits per heavy atom. The van der Waals surface area contributed by atoms with Gasteiger partial charge < -0.3 is 5.32 Å². The molecular formula is C19H20ClN3O2. The van der Waals surface area contributed by atoms with E-state index in [0.29, 0.717) is 17.4 Å². The summed E-state index contributed by atoms with van der Waals surface area (Å²) in [7, 11) is 1.77. The van der Waals surface area contributed by atoms with E-state index in [0.717, 1.165) is 11.1 Å². The van der Waals surface area contributed by atoms with Gasteiger partial charge >= 0.3 is 0 Å². The number of halogens is 1. The molecule has 0 fully saturated rings. The minimum Gasteiger partial charge on any atom is -0.352 e. The molecule has 3 rings (SSSR count). The highest BCUT2D eigenvalue weighted by atomic mass is 35.5. The van der Waals surface area contributed by atoms with Gasteiger partial charge in [0.2, 0.25) is 5.91 Å². The number of amides is 1. The fourth-order valence-electron chi connectivity index (χ4n) is 2.76. The summed E-state index contributed by atoms with van der Waals surface area (Å²) in [5, 5.41) is 5.11. The quantitative estimate of drug-likeness (QED) is 0.892. The molecule has 0 bridgehead atoms. The smallest absolute Gasteiger partial charge is 0.225 e. The van der Waals surface area contributed by atoms with Gasteiger partial charge in [0.15, 0.2) is 11.6 Å². The van der Waals surface area contributed by atoms with Gasteiger partial charge in [-0.25, -0.2) is 14.9 Å². The van der Waals surface area contributed by atoms with Crippen molar-refractivity contribution in [1.29, 1.82) is 0 Å². The molecule has 1 amide bonds. The number of hydrogen-bond acceptors (Lipinski definition) is 4. The number of rotatable bonds is 5. The van der Waals surface area contributed by atoms with Gasteiger partial charge in [-0.05, 0) is 24.6 Å². The monoisotopic (exact) mass is 357 g/mol. The van der Waals surface area contributed by atoms with Crippen LogP contribution in [0, 0.1) is 0 Å². The fourth-order valence-corrected chi connectivity index (χ4v) is 2.95. The van der Waals surface area contributed by atoms with Crippen molar-refractivity contribution >= 4 is 23.3 Å². The normalized spacial score (nSPS) is 19.6. The van der Waals surface area contributed by atoms with Gasteiger partial charge in [-0.2, -0.15) is 0 Å². The predicted molar refractivity (Wildman–Crippen MR) is 98.1 cm³/mol. The van der Waals surface area contributed by atoms with Crippen LogP contribution in [0.3, 0.4) is 0 Å². The van der Waals surface area contributed by atoms with Crippen molar-refractivity contribution < 1.29 is 9.63 Å². The van der Waals surface area contributed by atoms with Crippen LogP contribution in [0.5, 0.6) is 0 Å². The van der Waals surface area contributed by atoms with Crippen molar-refractivity contribution in [3.05, 3.63) is 70.7 Å². The van der Waals surface area contributed by atoms with Crippen molar-refractivity contribution in [3.63, 3.8) is 0 Å². The highest BCUT2D eigenvalue weighted by molar-refractivity contribution is 6.31. The minimum absolute atomic E-state index is 0.115. The number of hydroxylamine groups is 2. The lowest BCUT2D eigenvalue weighted by molar-refractivity contribution is -0.166. The van der Waals surface area contributed by atoms with E-state index >= 15 is 0 Å². The number of hydrogen-bond donors (Lipinski definition) is 1. The van der Waals surface area contributed by atoms with Gasteiger partial charge in [-0.3, -0.25) is 4.79 Å². The lowest BCUT2D eigenvalue weighted by atomic mass is 10.1. The first-order valence-electron chi connectivity index (χ1n) is 8.04. The first kappa shape index (κ1) is 17.5. The van der Waals surface area contributed by atoms with E-state index in [1.165, 1.54) is 0 Å². The van der Waals surface area contributed by atoms with Gasteiger partial charge in [0.05, 0.1) is 6.42 Å². The SMILES string of the molecule is CN1OC(C)(CC(=O)NCc2ccccc2)N=C1c1cccc(Cl)c1. The van der Waals surface area contributed by atoms with E-state index < -0.39 is 5.72 Å². The standard InChI is InChI=1S/C19H20ClN3O2/c1-19(12-17(24)21-13-14-7-4-3-5-8-14)22-18(23(2)25-19)15-9-6-10-16(20)11-15/h3-11H,12-13H2,1-2H3,(H,21,24). The molecule has 1 aliphatic heterocycles. The van der Waals surface area contributed by atoms with E-state index in [2.05, 4.69) is 10.3 Å². The molecule has 0 radical (unpaired) electrons. The summed E-state index contributed by atoms with van der Waals surface area (Å²) in [6.45, 7) is 2.28. The van der Waals surface area contributed by atoms with Crippen LogP contribution in [-0.4, -0.2) is 29.6 Å². The van der Waals surface area contributed by atoms with Crippen molar-refractivity contribution in [2.24, 2.45) is 4.99 Å². The molecule has 130 valence electrons. The van der Waals surface area contributed by atoms with Gasteiger partial charge in [0.1, 0.15) is 0 Å². The van der Waals surface area contributed by atoms with Crippen molar-refractivity contribution in [2.75, 3.05) is 7.05 Å². The van der Waals surface area contributed by atoms with Crippen LogP contribution in [0.25, 0.3) is 0 Å². The van der Waals surface area contributed by atoms with E-state index in [1.807, 2.05) is 48.5 Å². The molecule has 1 atom stereocenters. The second-order valence-corrected chi connectivity index (χ2v) is 6.59. The van der Waals surface area contributed by atoms with Crippen LogP contribution >= 0.6 is 11.6 Å². The molecule has 6 heteroatoms. The summed E-state index contributed by atoms with van der Waals surface area (Å²) >= 11 is 6.05. The molecule has 1 heterocycles. The maximum Gasteiger partial charge on any atom is 0.225 e. The zero-order chi connectivity index (χ0) is 17.9. The van der Waals surface area contributed by atoms with Crippen LogP contribution in [0.15, 0.2) is 59.6 Å². The largest absolute Gasteiger partial charge is 0.352 e. The van der Waals surface area contributed by atoms with Crippen LogP contribution in [0.4, 0.5) is 0 Å². The van der Waals surface area contributed by atoms with Gasteiger partial charge in [0.25, 0.3) is 0 Å². The third-order valence-corrected chi connectivity index (χ3v) is 4.11. The Labute approximate surface area is 152 Å². The summed E-state index contributed by atoms with van der Waals surface area (Å²) in [5.74, 6) is 0.539. The maximum atomic E-state index is 12.3. The van der Waals surface area contributed by atoms with E-state index in [1.54, 1.807) is 25.1 Å². The minimum atomic E-state index is -0.937. The fraction of sp³-hybridized carbons (Fsp3) is 0.263. The second kappa shape index (κ2) is 7.25. The van der Waals surface area contributed by atoms with Gasteiger partial charge in [-0.1, -0.05) is 54.1 Å². The van der Waals surface area contributed by atoms with Crippen molar-refractivity contribution in [3.8, 4) is 0 Å². The third kappa shape index (κ3) is 4.38. The average molecular weight is 358 g/mol. The number of amidine groups is 1.